The van der Waals surface area contributed by atoms with E-state index in [1.807, 2.05) is 0 Å². The van der Waals surface area contributed by atoms with Gasteiger partial charge in [-0.3, -0.25) is 4.99 Å². The Balaban J connectivity index is 2.43. The Bertz CT molecular complexity index is 434. The number of para-hydroxylation sites is 1. The number of benzene rings is 1. The van der Waals surface area contributed by atoms with Gasteiger partial charge in [0.1, 0.15) is 0 Å². The molecule has 5 nitrogen and oxygen atoms in total. The Morgan fingerprint density at radius 1 is 1.24 bits per heavy atom. The van der Waals surface area contributed by atoms with Crippen molar-refractivity contribution in [2.24, 2.45) is 4.99 Å². The van der Waals surface area contributed by atoms with Gasteiger partial charge in [0.25, 0.3) is 0 Å². The quantitative estimate of drug-likeness (QED) is 0.434. The van der Waals surface area contributed by atoms with Crippen LogP contribution in [0, 0.1) is 6.92 Å². The number of ether oxygens (including phenoxy) is 1. The number of likely N-dealkylation sites (N-methyl/N-ethyl adjacent to an activating group) is 1. The third-order valence-electron chi connectivity index (χ3n) is 3.33. The summed E-state index contributed by atoms with van der Waals surface area (Å²) in [6, 6.07) is 8.48. The molecule has 0 amide bonds. The summed E-state index contributed by atoms with van der Waals surface area (Å²) in [6.45, 7) is 8.52. The topological polar surface area (TPSA) is 48.9 Å². The van der Waals surface area contributed by atoms with Crippen LogP contribution in [0.5, 0.6) is 0 Å². The van der Waals surface area contributed by atoms with E-state index in [9.17, 15) is 0 Å². The van der Waals surface area contributed by atoms with Gasteiger partial charge < -0.3 is 20.3 Å². The minimum atomic E-state index is 0.672. The van der Waals surface area contributed by atoms with Crippen LogP contribution >= 0.6 is 0 Å². The molecule has 21 heavy (non-hydrogen) atoms. The second kappa shape index (κ2) is 10.0. The zero-order chi connectivity index (χ0) is 15.5. The first-order chi connectivity index (χ1) is 10.2. The first-order valence-corrected chi connectivity index (χ1v) is 7.47. The van der Waals surface area contributed by atoms with Crippen molar-refractivity contribution in [3.05, 3.63) is 29.8 Å². The minimum Gasteiger partial charge on any atom is -0.383 e. The molecule has 1 rings (SSSR count). The van der Waals surface area contributed by atoms with Crippen LogP contribution in [-0.2, 0) is 4.74 Å². The van der Waals surface area contributed by atoms with Crippen LogP contribution in [0.1, 0.15) is 12.5 Å². The number of aryl methyl sites for hydroxylation is 1. The van der Waals surface area contributed by atoms with Crippen LogP contribution in [0.4, 0.5) is 5.69 Å². The molecule has 0 heterocycles. The molecule has 0 saturated carbocycles. The Morgan fingerprint density at radius 3 is 2.57 bits per heavy atom. The number of nitrogens with one attached hydrogen (secondary N) is 2. The fraction of sp³-hybridized carbons (Fsp3) is 0.562. The molecule has 118 valence electrons. The Hall–Kier alpha value is -1.75. The van der Waals surface area contributed by atoms with Crippen molar-refractivity contribution >= 4 is 11.6 Å². The van der Waals surface area contributed by atoms with Crippen molar-refractivity contribution in [1.82, 2.24) is 10.6 Å². The van der Waals surface area contributed by atoms with E-state index in [0.29, 0.717) is 6.61 Å². The van der Waals surface area contributed by atoms with Crippen LogP contribution in [0.3, 0.4) is 0 Å². The molecule has 0 aromatic heterocycles. The molecule has 1 aromatic rings. The number of hydrogen-bond donors (Lipinski definition) is 2. The highest BCUT2D eigenvalue weighted by atomic mass is 16.5. The van der Waals surface area contributed by atoms with E-state index in [0.717, 1.165) is 32.1 Å². The van der Waals surface area contributed by atoms with Crippen LogP contribution in [-0.4, -0.2) is 52.9 Å². The molecular formula is C16H28N4O. The van der Waals surface area contributed by atoms with E-state index in [-0.39, 0.29) is 0 Å². The van der Waals surface area contributed by atoms with Gasteiger partial charge in [-0.1, -0.05) is 18.2 Å². The third kappa shape index (κ3) is 6.04. The normalized spacial score (nSPS) is 11.3. The lowest BCUT2D eigenvalue weighted by Crippen LogP contribution is -2.42. The number of rotatable bonds is 8. The molecule has 0 fully saturated rings. The predicted molar refractivity (Wildman–Crippen MR) is 90.3 cm³/mol. The van der Waals surface area contributed by atoms with E-state index >= 15 is 0 Å². The molecular weight excluding hydrogens is 264 g/mol. The molecule has 0 unspecified atom stereocenters. The summed E-state index contributed by atoms with van der Waals surface area (Å²) in [7, 11) is 3.47. The largest absolute Gasteiger partial charge is 0.383 e. The van der Waals surface area contributed by atoms with Crippen molar-refractivity contribution < 1.29 is 4.74 Å². The highest BCUT2D eigenvalue weighted by molar-refractivity contribution is 5.79. The third-order valence-corrected chi connectivity index (χ3v) is 3.33. The zero-order valence-corrected chi connectivity index (χ0v) is 13.6. The summed E-state index contributed by atoms with van der Waals surface area (Å²) in [5.74, 6) is 0.813. The number of aliphatic imine (C=N–C) groups is 1. The van der Waals surface area contributed by atoms with Crippen molar-refractivity contribution in [2.45, 2.75) is 13.8 Å². The van der Waals surface area contributed by atoms with Gasteiger partial charge in [0, 0.05) is 46.0 Å². The molecule has 0 aliphatic carbocycles. The standard InChI is InChI=1S/C16H28N4O/c1-5-20(15-9-7-6-8-14(15)2)12-10-18-16(17-3)19-11-13-21-4/h6-9H,5,10-13H2,1-4H3,(H2,17,18,19). The lowest BCUT2D eigenvalue weighted by molar-refractivity contribution is 0.203. The van der Waals surface area contributed by atoms with Crippen molar-refractivity contribution in [2.75, 3.05) is 51.8 Å². The summed E-state index contributed by atoms with van der Waals surface area (Å²) in [5.41, 5.74) is 2.60. The van der Waals surface area contributed by atoms with Gasteiger partial charge in [0.15, 0.2) is 5.96 Å². The number of nitrogens with zero attached hydrogens (tertiary/aromatic N) is 2. The molecule has 0 spiro atoms. The van der Waals surface area contributed by atoms with Crippen LogP contribution < -0.4 is 15.5 Å². The Kier molecular flexibility index (Phi) is 8.28. The van der Waals surface area contributed by atoms with Gasteiger partial charge in [0.05, 0.1) is 6.61 Å². The average molecular weight is 292 g/mol. The van der Waals surface area contributed by atoms with Crippen LogP contribution in [0.25, 0.3) is 0 Å². The maximum Gasteiger partial charge on any atom is 0.191 e. The molecule has 2 N–H and O–H groups in total. The lowest BCUT2D eigenvalue weighted by Gasteiger charge is -2.25. The average Bonchev–Trinajstić information content (AvgIpc) is 2.51. The number of hydrogen-bond acceptors (Lipinski definition) is 3. The van der Waals surface area contributed by atoms with E-state index in [2.05, 4.69) is 58.6 Å². The molecule has 0 atom stereocenters. The van der Waals surface area contributed by atoms with Gasteiger partial charge in [-0.2, -0.15) is 0 Å². The highest BCUT2D eigenvalue weighted by Gasteiger charge is 2.06. The highest BCUT2D eigenvalue weighted by Crippen LogP contribution is 2.18. The minimum absolute atomic E-state index is 0.672. The van der Waals surface area contributed by atoms with E-state index in [1.54, 1.807) is 14.2 Å². The Morgan fingerprint density at radius 2 is 1.95 bits per heavy atom. The molecule has 0 aliphatic heterocycles. The van der Waals surface area contributed by atoms with E-state index in [4.69, 9.17) is 4.74 Å². The number of anilines is 1. The van der Waals surface area contributed by atoms with Gasteiger partial charge in [-0.05, 0) is 25.5 Å². The SMILES string of the molecule is CCN(CCNC(=NC)NCCOC)c1ccccc1C. The Labute approximate surface area is 128 Å². The number of guanidine groups is 1. The van der Waals surface area contributed by atoms with Gasteiger partial charge >= 0.3 is 0 Å². The first-order valence-electron chi connectivity index (χ1n) is 7.47. The fourth-order valence-electron chi connectivity index (χ4n) is 2.17. The van der Waals surface area contributed by atoms with Crippen LogP contribution in [0.15, 0.2) is 29.3 Å². The van der Waals surface area contributed by atoms with Crippen molar-refractivity contribution in [3.8, 4) is 0 Å². The summed E-state index contributed by atoms with van der Waals surface area (Å²) in [5, 5.41) is 6.53. The van der Waals surface area contributed by atoms with Crippen molar-refractivity contribution in [3.63, 3.8) is 0 Å². The van der Waals surface area contributed by atoms with E-state index < -0.39 is 0 Å². The predicted octanol–water partition coefficient (Wildman–Crippen LogP) is 1.63. The van der Waals surface area contributed by atoms with Gasteiger partial charge in [0.2, 0.25) is 0 Å². The summed E-state index contributed by atoms with van der Waals surface area (Å²) in [6.07, 6.45) is 0. The van der Waals surface area contributed by atoms with E-state index in [1.165, 1.54) is 11.3 Å². The number of methoxy groups -OCH3 is 1. The van der Waals surface area contributed by atoms with Crippen molar-refractivity contribution in [1.29, 1.82) is 0 Å². The molecule has 0 bridgehead atoms. The fourth-order valence-corrected chi connectivity index (χ4v) is 2.17. The second-order valence-corrected chi connectivity index (χ2v) is 4.78. The smallest absolute Gasteiger partial charge is 0.191 e. The maximum absolute atomic E-state index is 5.01. The summed E-state index contributed by atoms with van der Waals surface area (Å²) >= 11 is 0. The molecule has 0 aliphatic rings. The van der Waals surface area contributed by atoms with Crippen LogP contribution in [0.2, 0.25) is 0 Å². The van der Waals surface area contributed by atoms with Gasteiger partial charge in [-0.15, -0.1) is 0 Å². The monoisotopic (exact) mass is 292 g/mol. The summed E-state index contributed by atoms with van der Waals surface area (Å²) < 4.78 is 5.01. The first kappa shape index (κ1) is 17.3. The molecule has 1 aromatic carbocycles. The maximum atomic E-state index is 5.01. The zero-order valence-electron chi connectivity index (χ0n) is 13.6. The second-order valence-electron chi connectivity index (χ2n) is 4.78. The molecule has 0 saturated heterocycles. The summed E-state index contributed by atoms with van der Waals surface area (Å²) in [4.78, 5) is 6.56. The lowest BCUT2D eigenvalue weighted by atomic mass is 10.2. The molecule has 0 radical (unpaired) electrons. The van der Waals surface area contributed by atoms with Gasteiger partial charge in [-0.25, -0.2) is 0 Å². The molecule has 5 heteroatoms.